The van der Waals surface area contributed by atoms with Crippen molar-refractivity contribution < 1.29 is 4.79 Å². The number of carbonyl (C=O) groups is 1. The van der Waals surface area contributed by atoms with Gasteiger partial charge in [-0.05, 0) is 57.2 Å². The number of nitrogens with one attached hydrogen (secondary N) is 1. The van der Waals surface area contributed by atoms with E-state index in [2.05, 4.69) is 22.0 Å². The van der Waals surface area contributed by atoms with Crippen LogP contribution in [0.4, 0.5) is 0 Å². The molecule has 1 aliphatic carbocycles. The van der Waals surface area contributed by atoms with Gasteiger partial charge in [0.05, 0.1) is 24.0 Å². The van der Waals surface area contributed by atoms with Crippen LogP contribution in [-0.2, 0) is 23.1 Å². The molecule has 3 heterocycles. The maximum atomic E-state index is 13.3. The third-order valence-corrected chi connectivity index (χ3v) is 6.82. The molecule has 0 bridgehead atoms. The number of aromatic nitrogens is 4. The van der Waals surface area contributed by atoms with E-state index in [0.29, 0.717) is 6.42 Å². The molecule has 1 saturated heterocycles. The molecule has 2 aromatic heterocycles. The molecule has 6 nitrogen and oxygen atoms in total. The van der Waals surface area contributed by atoms with Gasteiger partial charge in [-0.2, -0.15) is 10.2 Å². The van der Waals surface area contributed by atoms with Gasteiger partial charge in [0.15, 0.2) is 0 Å². The molecule has 2 aliphatic rings. The fourth-order valence-corrected chi connectivity index (χ4v) is 5.23. The normalized spacial score (nSPS) is 21.0. The van der Waals surface area contributed by atoms with E-state index in [1.54, 1.807) is 0 Å². The minimum absolute atomic E-state index is 0.0675. The monoisotopic (exact) mass is 389 g/mol. The summed E-state index contributed by atoms with van der Waals surface area (Å²) in [5, 5.41) is 12.2. The molecular weight excluding hydrogens is 362 g/mol. The van der Waals surface area contributed by atoms with Crippen LogP contribution >= 0.6 is 0 Å². The van der Waals surface area contributed by atoms with E-state index in [4.69, 9.17) is 5.10 Å². The quantitative estimate of drug-likeness (QED) is 0.748. The van der Waals surface area contributed by atoms with Crippen LogP contribution in [-0.4, -0.2) is 43.9 Å². The molecule has 1 N–H and O–H groups in total. The van der Waals surface area contributed by atoms with Gasteiger partial charge in [-0.3, -0.25) is 9.89 Å². The summed E-state index contributed by atoms with van der Waals surface area (Å²) in [6, 6.07) is 10.1. The highest BCUT2D eigenvalue weighted by molar-refractivity contribution is 5.79. The highest BCUT2D eigenvalue weighted by Crippen LogP contribution is 2.43. The minimum Gasteiger partial charge on any atom is -0.341 e. The molecule has 1 atom stereocenters. The van der Waals surface area contributed by atoms with E-state index in [1.165, 1.54) is 11.3 Å². The van der Waals surface area contributed by atoms with Crippen LogP contribution in [0.15, 0.2) is 36.5 Å². The summed E-state index contributed by atoms with van der Waals surface area (Å²) in [6.45, 7) is 5.70. The van der Waals surface area contributed by atoms with Gasteiger partial charge in [0, 0.05) is 35.5 Å². The van der Waals surface area contributed by atoms with E-state index in [9.17, 15) is 4.79 Å². The Hall–Kier alpha value is -2.89. The van der Waals surface area contributed by atoms with Crippen LogP contribution in [0.1, 0.15) is 47.5 Å². The van der Waals surface area contributed by atoms with Crippen LogP contribution in [0.3, 0.4) is 0 Å². The molecule has 1 amide bonds. The van der Waals surface area contributed by atoms with Gasteiger partial charge in [0.25, 0.3) is 0 Å². The number of nitrogens with zero attached hydrogens (tertiary/aromatic N) is 4. The summed E-state index contributed by atoms with van der Waals surface area (Å²) in [5.74, 6) is 0.204. The van der Waals surface area contributed by atoms with Crippen molar-refractivity contribution in [2.45, 2.75) is 51.4 Å². The molecule has 1 spiro atoms. The number of amides is 1. The first kappa shape index (κ1) is 18.2. The van der Waals surface area contributed by atoms with Crippen molar-refractivity contribution in [3.8, 4) is 5.69 Å². The van der Waals surface area contributed by atoms with Gasteiger partial charge in [0.1, 0.15) is 0 Å². The SMILES string of the molecule is Cc1nn(-c2ccccc2)c(C)c1CC(=O)N1CCCC2(CCc3cn[nH]c32)C1. The number of carbonyl (C=O) groups excluding carboxylic acids is 1. The molecule has 1 unspecified atom stereocenters. The lowest BCUT2D eigenvalue weighted by molar-refractivity contribution is -0.132. The third kappa shape index (κ3) is 2.98. The van der Waals surface area contributed by atoms with Crippen LogP contribution in [0.5, 0.6) is 0 Å². The molecule has 1 aromatic carbocycles. The molecular formula is C23H27N5O. The molecule has 29 heavy (non-hydrogen) atoms. The maximum absolute atomic E-state index is 13.3. The molecule has 1 fully saturated rings. The molecule has 1 aliphatic heterocycles. The predicted molar refractivity (Wildman–Crippen MR) is 111 cm³/mol. The fourth-order valence-electron chi connectivity index (χ4n) is 5.23. The summed E-state index contributed by atoms with van der Waals surface area (Å²) in [4.78, 5) is 15.3. The zero-order valence-electron chi connectivity index (χ0n) is 17.1. The maximum Gasteiger partial charge on any atom is 0.227 e. The van der Waals surface area contributed by atoms with Gasteiger partial charge >= 0.3 is 0 Å². The number of piperidine rings is 1. The van der Waals surface area contributed by atoms with Crippen molar-refractivity contribution >= 4 is 5.91 Å². The van der Waals surface area contributed by atoms with E-state index in [0.717, 1.165) is 61.4 Å². The van der Waals surface area contributed by atoms with Crippen molar-refractivity contribution in [1.82, 2.24) is 24.9 Å². The largest absolute Gasteiger partial charge is 0.341 e. The molecule has 150 valence electrons. The Bertz CT molecular complexity index is 1050. The third-order valence-electron chi connectivity index (χ3n) is 6.82. The molecule has 0 radical (unpaired) electrons. The van der Waals surface area contributed by atoms with Crippen LogP contribution in [0, 0.1) is 13.8 Å². The number of aromatic amines is 1. The summed E-state index contributed by atoms with van der Waals surface area (Å²) >= 11 is 0. The number of rotatable bonds is 3. The number of H-pyrrole nitrogens is 1. The lowest BCUT2D eigenvalue weighted by Crippen LogP contribution is -2.48. The standard InChI is InChI=1S/C23H27N5O/c1-16-20(17(2)28(26-16)19-7-4-3-5-8-19)13-21(29)27-12-6-10-23(15-27)11-9-18-14-24-25-22(18)23/h3-5,7-8,14H,6,9-13,15H2,1-2H3,(H,24,25). The Morgan fingerprint density at radius 3 is 2.86 bits per heavy atom. The Balaban J connectivity index is 1.37. The number of para-hydroxylation sites is 1. The lowest BCUT2D eigenvalue weighted by atomic mass is 9.77. The lowest BCUT2D eigenvalue weighted by Gasteiger charge is -2.40. The summed E-state index contributed by atoms with van der Waals surface area (Å²) in [6.07, 6.45) is 6.73. The van der Waals surface area contributed by atoms with Crippen molar-refractivity contribution in [2.24, 2.45) is 0 Å². The Morgan fingerprint density at radius 2 is 2.03 bits per heavy atom. The molecule has 6 heteroatoms. The minimum atomic E-state index is 0.0675. The second kappa shape index (κ2) is 6.87. The van der Waals surface area contributed by atoms with Gasteiger partial charge in [-0.25, -0.2) is 4.68 Å². The van der Waals surface area contributed by atoms with Crippen molar-refractivity contribution in [3.05, 3.63) is 64.7 Å². The van der Waals surface area contributed by atoms with Crippen molar-refractivity contribution in [2.75, 3.05) is 13.1 Å². The van der Waals surface area contributed by atoms with E-state index >= 15 is 0 Å². The predicted octanol–water partition coefficient (Wildman–Crippen LogP) is 3.26. The zero-order chi connectivity index (χ0) is 20.0. The summed E-state index contributed by atoms with van der Waals surface area (Å²) in [7, 11) is 0. The summed E-state index contributed by atoms with van der Waals surface area (Å²) in [5.41, 5.74) is 6.72. The highest BCUT2D eigenvalue weighted by atomic mass is 16.2. The number of benzene rings is 1. The number of hydrogen-bond acceptors (Lipinski definition) is 3. The Morgan fingerprint density at radius 1 is 1.21 bits per heavy atom. The average Bonchev–Trinajstić information content (AvgIpc) is 3.42. The number of hydrogen-bond donors (Lipinski definition) is 1. The van der Waals surface area contributed by atoms with Crippen LogP contribution < -0.4 is 0 Å². The Kier molecular flexibility index (Phi) is 4.30. The first-order valence-corrected chi connectivity index (χ1v) is 10.5. The summed E-state index contributed by atoms with van der Waals surface area (Å²) < 4.78 is 1.95. The zero-order valence-corrected chi connectivity index (χ0v) is 17.1. The second-order valence-corrected chi connectivity index (χ2v) is 8.54. The fraction of sp³-hybridized carbons (Fsp3) is 0.435. The van der Waals surface area contributed by atoms with E-state index in [1.807, 2.05) is 48.1 Å². The van der Waals surface area contributed by atoms with Crippen molar-refractivity contribution in [3.63, 3.8) is 0 Å². The topological polar surface area (TPSA) is 66.8 Å². The number of aryl methyl sites for hydroxylation is 2. The number of likely N-dealkylation sites (tertiary alicyclic amines) is 1. The van der Waals surface area contributed by atoms with E-state index < -0.39 is 0 Å². The molecule has 5 rings (SSSR count). The van der Waals surface area contributed by atoms with Gasteiger partial charge < -0.3 is 4.90 Å². The van der Waals surface area contributed by atoms with Crippen molar-refractivity contribution in [1.29, 1.82) is 0 Å². The smallest absolute Gasteiger partial charge is 0.227 e. The molecule has 0 saturated carbocycles. The van der Waals surface area contributed by atoms with Gasteiger partial charge in [0.2, 0.25) is 5.91 Å². The molecule has 3 aromatic rings. The van der Waals surface area contributed by atoms with Gasteiger partial charge in [-0.1, -0.05) is 18.2 Å². The van der Waals surface area contributed by atoms with Crippen LogP contribution in [0.2, 0.25) is 0 Å². The van der Waals surface area contributed by atoms with E-state index in [-0.39, 0.29) is 11.3 Å². The number of fused-ring (bicyclic) bond motifs is 2. The first-order valence-electron chi connectivity index (χ1n) is 10.5. The average molecular weight is 390 g/mol. The first-order chi connectivity index (χ1) is 14.1. The van der Waals surface area contributed by atoms with Gasteiger partial charge in [-0.15, -0.1) is 0 Å². The Labute approximate surface area is 170 Å². The highest BCUT2D eigenvalue weighted by Gasteiger charge is 2.44. The second-order valence-electron chi connectivity index (χ2n) is 8.54. The van der Waals surface area contributed by atoms with Crippen LogP contribution in [0.25, 0.3) is 5.69 Å².